The smallest absolute Gasteiger partial charge is 0.414 e. The van der Waals surface area contributed by atoms with Crippen LogP contribution in [0.2, 0.25) is 0 Å². The van der Waals surface area contributed by atoms with E-state index in [0.29, 0.717) is 24.9 Å². The van der Waals surface area contributed by atoms with Crippen molar-refractivity contribution in [3.05, 3.63) is 36.5 Å². The van der Waals surface area contributed by atoms with E-state index in [-0.39, 0.29) is 11.7 Å². The second kappa shape index (κ2) is 6.01. The van der Waals surface area contributed by atoms with Crippen molar-refractivity contribution >= 4 is 22.9 Å². The summed E-state index contributed by atoms with van der Waals surface area (Å²) in [6.45, 7) is 0.369. The Kier molecular flexibility index (Phi) is 4.14. The van der Waals surface area contributed by atoms with Gasteiger partial charge in [-0.25, -0.2) is 9.69 Å². The van der Waals surface area contributed by atoms with Crippen molar-refractivity contribution in [2.45, 2.75) is 12.8 Å². The van der Waals surface area contributed by atoms with Crippen LogP contribution in [-0.4, -0.2) is 38.6 Å². The largest absolute Gasteiger partial charge is 0.506 e. The number of nitrogens with zero attached hydrogens (tertiary/aromatic N) is 2. The quantitative estimate of drug-likeness (QED) is 0.768. The zero-order chi connectivity index (χ0) is 14.5. The molecule has 1 saturated heterocycles. The van der Waals surface area contributed by atoms with E-state index in [4.69, 9.17) is 5.11 Å². The van der Waals surface area contributed by atoms with Crippen molar-refractivity contribution in [2.24, 2.45) is 0 Å². The van der Waals surface area contributed by atoms with Crippen LogP contribution in [0.25, 0.3) is 10.9 Å². The minimum Gasteiger partial charge on any atom is -0.506 e. The molecule has 0 spiro atoms. The van der Waals surface area contributed by atoms with Gasteiger partial charge in [-0.3, -0.25) is 9.78 Å². The first-order valence-electron chi connectivity index (χ1n) is 6.15. The summed E-state index contributed by atoms with van der Waals surface area (Å²) in [5.74, 6) is -0.0365. The number of hydrogen-bond donors (Lipinski definition) is 2. The number of rotatable bonds is 0. The number of benzene rings is 1. The maximum absolute atomic E-state index is 10.6. The van der Waals surface area contributed by atoms with Gasteiger partial charge in [0.1, 0.15) is 11.3 Å². The van der Waals surface area contributed by atoms with Crippen molar-refractivity contribution in [1.29, 1.82) is 0 Å². The number of aromatic nitrogens is 1. The van der Waals surface area contributed by atoms with Crippen LogP contribution >= 0.6 is 0 Å². The molecule has 6 nitrogen and oxygen atoms in total. The van der Waals surface area contributed by atoms with Gasteiger partial charge in [0, 0.05) is 24.5 Å². The van der Waals surface area contributed by atoms with E-state index >= 15 is 0 Å². The predicted molar refractivity (Wildman–Crippen MR) is 72.4 cm³/mol. The van der Waals surface area contributed by atoms with Crippen molar-refractivity contribution in [1.82, 2.24) is 9.88 Å². The van der Waals surface area contributed by atoms with Gasteiger partial charge in [0.15, 0.2) is 0 Å². The molecule has 1 aliphatic heterocycles. The summed E-state index contributed by atoms with van der Waals surface area (Å²) in [6.07, 6.45) is 1.59. The number of carbonyl (C=O) groups excluding carboxylic acids is 1. The third-order valence-corrected chi connectivity index (χ3v) is 2.92. The summed E-state index contributed by atoms with van der Waals surface area (Å²) in [5, 5.41) is 18.6. The Morgan fingerprint density at radius 1 is 1.25 bits per heavy atom. The van der Waals surface area contributed by atoms with Gasteiger partial charge >= 0.3 is 6.09 Å². The highest BCUT2D eigenvalue weighted by atomic mass is 16.4. The number of phenols is 1. The third kappa shape index (κ3) is 3.03. The molecule has 1 aromatic carbocycles. The van der Waals surface area contributed by atoms with Gasteiger partial charge in [0.25, 0.3) is 0 Å². The summed E-state index contributed by atoms with van der Waals surface area (Å²) in [4.78, 5) is 25.6. The Hall–Kier alpha value is -2.63. The van der Waals surface area contributed by atoms with Crippen LogP contribution in [0.1, 0.15) is 12.8 Å². The lowest BCUT2D eigenvalue weighted by Gasteiger charge is -2.05. The summed E-state index contributed by atoms with van der Waals surface area (Å²) >= 11 is 0. The molecule has 0 radical (unpaired) electrons. The number of carboxylic acid groups (broad SMARTS) is 1. The van der Waals surface area contributed by atoms with E-state index in [9.17, 15) is 14.7 Å². The van der Waals surface area contributed by atoms with E-state index in [2.05, 4.69) is 4.98 Å². The molecule has 0 aliphatic carbocycles. The van der Waals surface area contributed by atoms with E-state index in [1.807, 2.05) is 18.2 Å². The normalized spacial score (nSPS) is 14.0. The topological polar surface area (TPSA) is 90.7 Å². The Bertz CT molecular complexity index is 637. The van der Waals surface area contributed by atoms with Gasteiger partial charge in [-0.05, 0) is 18.6 Å². The lowest BCUT2D eigenvalue weighted by molar-refractivity contribution is -0.125. The second-order valence-corrected chi connectivity index (χ2v) is 4.28. The molecule has 2 N–H and O–H groups in total. The van der Waals surface area contributed by atoms with Gasteiger partial charge < -0.3 is 10.2 Å². The molecule has 2 aromatic rings. The second-order valence-electron chi connectivity index (χ2n) is 4.28. The monoisotopic (exact) mass is 274 g/mol. The summed E-state index contributed by atoms with van der Waals surface area (Å²) < 4.78 is 0. The summed E-state index contributed by atoms with van der Waals surface area (Å²) in [6, 6.07) is 9.13. The predicted octanol–water partition coefficient (Wildman–Crippen LogP) is 2.23. The van der Waals surface area contributed by atoms with Crippen LogP contribution in [0.15, 0.2) is 36.5 Å². The fraction of sp³-hybridized carbons (Fsp3) is 0.214. The van der Waals surface area contributed by atoms with Crippen LogP contribution in [0.4, 0.5) is 4.79 Å². The standard InChI is InChI=1S/C9H7NO.C5H7NO3/c11-8-5-1-3-7-4-2-6-10-9(7)8;7-4-2-1-3-6(4)5(8)9/h1-6,11H;1-3H2,(H,8,9). The molecule has 0 atom stereocenters. The van der Waals surface area contributed by atoms with Crippen molar-refractivity contribution in [3.63, 3.8) is 0 Å². The zero-order valence-electron chi connectivity index (χ0n) is 10.7. The highest BCUT2D eigenvalue weighted by molar-refractivity contribution is 5.92. The van der Waals surface area contributed by atoms with Crippen molar-refractivity contribution < 1.29 is 19.8 Å². The number of imide groups is 1. The number of amides is 2. The molecule has 0 unspecified atom stereocenters. The number of pyridine rings is 1. The number of aromatic hydroxyl groups is 1. The minimum atomic E-state index is -1.13. The number of phenolic OH excluding ortho intramolecular Hbond substituents is 1. The maximum atomic E-state index is 10.6. The fourth-order valence-corrected chi connectivity index (χ4v) is 1.94. The molecule has 0 saturated carbocycles. The van der Waals surface area contributed by atoms with E-state index in [1.165, 1.54) is 0 Å². The zero-order valence-corrected chi connectivity index (χ0v) is 10.7. The number of para-hydroxylation sites is 1. The first-order valence-corrected chi connectivity index (χ1v) is 6.15. The SMILES string of the molecule is O=C(O)N1CCCC1=O.Oc1cccc2cccnc12. The number of likely N-dealkylation sites (tertiary alicyclic amines) is 1. The van der Waals surface area contributed by atoms with Gasteiger partial charge in [-0.15, -0.1) is 0 Å². The van der Waals surface area contributed by atoms with Crippen LogP contribution in [0, 0.1) is 0 Å². The molecular formula is C14H14N2O4. The molecule has 2 heterocycles. The average Bonchev–Trinajstić information content (AvgIpc) is 2.87. The van der Waals surface area contributed by atoms with E-state index in [0.717, 1.165) is 10.3 Å². The van der Waals surface area contributed by atoms with Gasteiger partial charge in [0.2, 0.25) is 5.91 Å². The molecule has 1 aliphatic rings. The molecule has 1 aromatic heterocycles. The maximum Gasteiger partial charge on any atom is 0.414 e. The molecule has 104 valence electrons. The minimum absolute atomic E-state index is 0.239. The third-order valence-electron chi connectivity index (χ3n) is 2.92. The molecule has 0 bridgehead atoms. The highest BCUT2D eigenvalue weighted by Crippen LogP contribution is 2.20. The Labute approximate surface area is 115 Å². The van der Waals surface area contributed by atoms with Crippen LogP contribution in [0.3, 0.4) is 0 Å². The van der Waals surface area contributed by atoms with Crippen molar-refractivity contribution in [3.8, 4) is 5.75 Å². The Morgan fingerprint density at radius 2 is 2.00 bits per heavy atom. The first kappa shape index (κ1) is 13.8. The van der Waals surface area contributed by atoms with Crippen LogP contribution < -0.4 is 0 Å². The van der Waals surface area contributed by atoms with Crippen LogP contribution in [-0.2, 0) is 4.79 Å². The fourth-order valence-electron chi connectivity index (χ4n) is 1.94. The van der Waals surface area contributed by atoms with Gasteiger partial charge in [0.05, 0.1) is 0 Å². The molecule has 6 heteroatoms. The molecule has 20 heavy (non-hydrogen) atoms. The molecule has 2 amide bonds. The van der Waals surface area contributed by atoms with E-state index in [1.54, 1.807) is 18.3 Å². The molecule has 3 rings (SSSR count). The van der Waals surface area contributed by atoms with E-state index < -0.39 is 6.09 Å². The lowest BCUT2D eigenvalue weighted by Crippen LogP contribution is -2.29. The number of carbonyl (C=O) groups is 2. The lowest BCUT2D eigenvalue weighted by atomic mass is 10.2. The summed E-state index contributed by atoms with van der Waals surface area (Å²) in [7, 11) is 0. The number of hydrogen-bond acceptors (Lipinski definition) is 4. The average molecular weight is 274 g/mol. The Morgan fingerprint density at radius 3 is 2.55 bits per heavy atom. The molecule has 1 fully saturated rings. The Balaban J connectivity index is 0.000000151. The first-order chi connectivity index (χ1) is 9.59. The van der Waals surface area contributed by atoms with Crippen molar-refractivity contribution in [2.75, 3.05) is 6.54 Å². The van der Waals surface area contributed by atoms with Gasteiger partial charge in [-0.1, -0.05) is 18.2 Å². The summed E-state index contributed by atoms with van der Waals surface area (Å²) in [5.41, 5.74) is 0.662. The molecular weight excluding hydrogens is 260 g/mol. The van der Waals surface area contributed by atoms with Gasteiger partial charge in [-0.2, -0.15) is 0 Å². The van der Waals surface area contributed by atoms with Crippen LogP contribution in [0.5, 0.6) is 5.75 Å². The highest BCUT2D eigenvalue weighted by Gasteiger charge is 2.25. The number of fused-ring (bicyclic) bond motifs is 1.